The molecular formula is C13H24N6O2. The second-order valence-electron chi connectivity index (χ2n) is 5.05. The first-order valence-corrected chi connectivity index (χ1v) is 7.32. The van der Waals surface area contributed by atoms with Crippen LogP contribution in [0.4, 0.5) is 17.8 Å². The normalized spacial score (nSPS) is 16.0. The molecule has 1 aromatic heterocycles. The molecule has 0 saturated carbocycles. The lowest BCUT2D eigenvalue weighted by Gasteiger charge is -2.17. The SMILES string of the molecule is CNc1nc(NCCC(O)COC)nc(N2CCCC2)n1. The molecule has 0 amide bonds. The van der Waals surface area contributed by atoms with Crippen molar-refractivity contribution in [2.24, 2.45) is 0 Å². The van der Waals surface area contributed by atoms with Crippen LogP contribution < -0.4 is 15.5 Å². The Morgan fingerprint density at radius 3 is 2.62 bits per heavy atom. The number of methoxy groups -OCH3 is 1. The lowest BCUT2D eigenvalue weighted by atomic mass is 10.3. The molecule has 8 nitrogen and oxygen atoms in total. The van der Waals surface area contributed by atoms with E-state index in [1.165, 1.54) is 12.8 Å². The smallest absolute Gasteiger partial charge is 0.231 e. The van der Waals surface area contributed by atoms with Gasteiger partial charge in [-0.25, -0.2) is 0 Å². The van der Waals surface area contributed by atoms with Gasteiger partial charge in [-0.3, -0.25) is 0 Å². The topological polar surface area (TPSA) is 95.4 Å². The third kappa shape index (κ3) is 4.68. The zero-order valence-corrected chi connectivity index (χ0v) is 12.7. The summed E-state index contributed by atoms with van der Waals surface area (Å²) < 4.78 is 4.89. The van der Waals surface area contributed by atoms with Gasteiger partial charge in [0.15, 0.2) is 0 Å². The van der Waals surface area contributed by atoms with Crippen molar-refractivity contribution in [2.75, 3.05) is 55.9 Å². The summed E-state index contributed by atoms with van der Waals surface area (Å²) in [4.78, 5) is 15.3. The molecule has 1 aliphatic rings. The van der Waals surface area contributed by atoms with Crippen LogP contribution in [0.3, 0.4) is 0 Å². The minimum atomic E-state index is -0.480. The molecule has 0 aromatic carbocycles. The van der Waals surface area contributed by atoms with Crippen molar-refractivity contribution in [2.45, 2.75) is 25.4 Å². The Bertz CT molecular complexity index is 439. The summed E-state index contributed by atoms with van der Waals surface area (Å²) in [6, 6.07) is 0. The minimum Gasteiger partial charge on any atom is -0.391 e. The Morgan fingerprint density at radius 1 is 1.24 bits per heavy atom. The average molecular weight is 296 g/mol. The number of rotatable bonds is 8. The standard InChI is InChI=1S/C13H24N6O2/c1-14-11-16-12(15-6-5-10(20)9-21-2)18-13(17-11)19-7-3-4-8-19/h10,20H,3-9H2,1-2H3,(H2,14,15,16,17,18). The van der Waals surface area contributed by atoms with Gasteiger partial charge >= 0.3 is 0 Å². The number of nitrogens with zero attached hydrogens (tertiary/aromatic N) is 4. The number of aliphatic hydroxyl groups excluding tert-OH is 1. The maximum Gasteiger partial charge on any atom is 0.231 e. The van der Waals surface area contributed by atoms with Crippen molar-refractivity contribution in [3.8, 4) is 0 Å². The highest BCUT2D eigenvalue weighted by atomic mass is 16.5. The number of aliphatic hydroxyl groups is 1. The van der Waals surface area contributed by atoms with Gasteiger partial charge in [0.2, 0.25) is 17.8 Å². The molecule has 2 rings (SSSR count). The summed E-state index contributed by atoms with van der Waals surface area (Å²) in [6.45, 7) is 2.88. The van der Waals surface area contributed by atoms with E-state index >= 15 is 0 Å². The molecule has 0 spiro atoms. The molecule has 8 heteroatoms. The molecule has 3 N–H and O–H groups in total. The first-order valence-electron chi connectivity index (χ1n) is 7.32. The number of ether oxygens (including phenoxy) is 1. The fourth-order valence-corrected chi connectivity index (χ4v) is 2.24. The van der Waals surface area contributed by atoms with Crippen LogP contribution in [-0.4, -0.2) is 66.6 Å². The van der Waals surface area contributed by atoms with E-state index in [2.05, 4.69) is 30.5 Å². The first-order chi connectivity index (χ1) is 10.2. The van der Waals surface area contributed by atoms with Gasteiger partial charge in [-0.15, -0.1) is 0 Å². The van der Waals surface area contributed by atoms with E-state index in [-0.39, 0.29) is 0 Å². The van der Waals surface area contributed by atoms with Crippen LogP contribution in [-0.2, 0) is 4.74 Å². The fourth-order valence-electron chi connectivity index (χ4n) is 2.24. The lowest BCUT2D eigenvalue weighted by Crippen LogP contribution is -2.23. The molecule has 0 aliphatic carbocycles. The Labute approximate surface area is 125 Å². The predicted molar refractivity (Wildman–Crippen MR) is 81.8 cm³/mol. The van der Waals surface area contributed by atoms with Crippen LogP contribution in [0.15, 0.2) is 0 Å². The zero-order chi connectivity index (χ0) is 15.1. The van der Waals surface area contributed by atoms with Crippen molar-refractivity contribution >= 4 is 17.8 Å². The van der Waals surface area contributed by atoms with Crippen molar-refractivity contribution in [3.05, 3.63) is 0 Å². The minimum absolute atomic E-state index is 0.333. The first kappa shape index (κ1) is 15.7. The Morgan fingerprint density at radius 2 is 1.95 bits per heavy atom. The van der Waals surface area contributed by atoms with Crippen LogP contribution in [0, 0.1) is 0 Å². The molecule has 0 radical (unpaired) electrons. The molecule has 1 fully saturated rings. The molecule has 2 heterocycles. The molecule has 1 aromatic rings. The van der Waals surface area contributed by atoms with E-state index < -0.39 is 6.10 Å². The van der Waals surface area contributed by atoms with Gasteiger partial charge < -0.3 is 25.4 Å². The van der Waals surface area contributed by atoms with Crippen LogP contribution in [0.5, 0.6) is 0 Å². The monoisotopic (exact) mass is 296 g/mol. The summed E-state index contributed by atoms with van der Waals surface area (Å²) in [7, 11) is 3.36. The summed E-state index contributed by atoms with van der Waals surface area (Å²) >= 11 is 0. The lowest BCUT2D eigenvalue weighted by molar-refractivity contribution is 0.0615. The van der Waals surface area contributed by atoms with E-state index in [0.29, 0.717) is 37.4 Å². The molecule has 118 valence electrons. The van der Waals surface area contributed by atoms with Crippen LogP contribution in [0.1, 0.15) is 19.3 Å². The highest BCUT2D eigenvalue weighted by Gasteiger charge is 2.17. The maximum absolute atomic E-state index is 9.62. The van der Waals surface area contributed by atoms with Crippen molar-refractivity contribution in [1.29, 1.82) is 0 Å². The largest absolute Gasteiger partial charge is 0.391 e. The second-order valence-corrected chi connectivity index (χ2v) is 5.05. The van der Waals surface area contributed by atoms with E-state index in [4.69, 9.17) is 4.74 Å². The van der Waals surface area contributed by atoms with Gasteiger partial charge in [0.1, 0.15) is 0 Å². The third-order valence-electron chi connectivity index (χ3n) is 3.36. The van der Waals surface area contributed by atoms with Crippen molar-refractivity contribution in [3.63, 3.8) is 0 Å². The summed E-state index contributed by atoms with van der Waals surface area (Å²) in [5, 5.41) is 15.7. The summed E-state index contributed by atoms with van der Waals surface area (Å²) in [5.74, 6) is 1.78. The van der Waals surface area contributed by atoms with Gasteiger partial charge in [-0.1, -0.05) is 0 Å². The number of hydrogen-bond donors (Lipinski definition) is 3. The number of hydrogen-bond acceptors (Lipinski definition) is 8. The van der Waals surface area contributed by atoms with E-state index in [1.54, 1.807) is 14.2 Å². The number of anilines is 3. The average Bonchev–Trinajstić information content (AvgIpc) is 3.01. The van der Waals surface area contributed by atoms with E-state index in [1.807, 2.05) is 0 Å². The molecule has 1 unspecified atom stereocenters. The highest BCUT2D eigenvalue weighted by molar-refractivity contribution is 5.44. The van der Waals surface area contributed by atoms with Gasteiger partial charge in [0.05, 0.1) is 12.7 Å². The maximum atomic E-state index is 9.62. The van der Waals surface area contributed by atoms with Crippen LogP contribution >= 0.6 is 0 Å². The van der Waals surface area contributed by atoms with Gasteiger partial charge in [-0.05, 0) is 19.3 Å². The number of nitrogens with one attached hydrogen (secondary N) is 2. The number of aromatic nitrogens is 3. The zero-order valence-electron chi connectivity index (χ0n) is 12.7. The van der Waals surface area contributed by atoms with Gasteiger partial charge in [0.25, 0.3) is 0 Å². The molecule has 21 heavy (non-hydrogen) atoms. The molecule has 0 bridgehead atoms. The van der Waals surface area contributed by atoms with E-state index in [9.17, 15) is 5.11 Å². The summed E-state index contributed by atoms with van der Waals surface area (Å²) in [6.07, 6.45) is 2.44. The highest BCUT2D eigenvalue weighted by Crippen LogP contribution is 2.18. The summed E-state index contributed by atoms with van der Waals surface area (Å²) in [5.41, 5.74) is 0. The Balaban J connectivity index is 1.96. The van der Waals surface area contributed by atoms with Crippen molar-refractivity contribution < 1.29 is 9.84 Å². The fraction of sp³-hybridized carbons (Fsp3) is 0.769. The van der Waals surface area contributed by atoms with E-state index in [0.717, 1.165) is 13.1 Å². The Kier molecular flexibility index (Phi) is 5.94. The Hall–Kier alpha value is -1.67. The third-order valence-corrected chi connectivity index (χ3v) is 3.36. The predicted octanol–water partition coefficient (Wildman–Crippen LogP) is 0.323. The molecule has 1 saturated heterocycles. The van der Waals surface area contributed by atoms with Crippen LogP contribution in [0.2, 0.25) is 0 Å². The van der Waals surface area contributed by atoms with Gasteiger partial charge in [0, 0.05) is 33.8 Å². The van der Waals surface area contributed by atoms with Crippen molar-refractivity contribution in [1.82, 2.24) is 15.0 Å². The quantitative estimate of drug-likeness (QED) is 0.631. The molecular weight excluding hydrogens is 272 g/mol. The second kappa shape index (κ2) is 7.94. The molecule has 1 aliphatic heterocycles. The van der Waals surface area contributed by atoms with Crippen LogP contribution in [0.25, 0.3) is 0 Å². The molecule has 1 atom stereocenters. The van der Waals surface area contributed by atoms with Gasteiger partial charge in [-0.2, -0.15) is 15.0 Å².